The molecule has 0 aliphatic rings. The van der Waals surface area contributed by atoms with Crippen LogP contribution in [0.15, 0.2) is 23.0 Å². The van der Waals surface area contributed by atoms with Gasteiger partial charge in [-0.15, -0.1) is 0 Å². The van der Waals surface area contributed by atoms with Gasteiger partial charge in [-0.1, -0.05) is 0 Å². The third kappa shape index (κ3) is 2.87. The number of hydrogen-bond acceptors (Lipinski definition) is 4. The Morgan fingerprint density at radius 2 is 2.22 bits per heavy atom. The Kier molecular flexibility index (Phi) is 3.94. The lowest BCUT2D eigenvalue weighted by Gasteiger charge is -2.07. The highest BCUT2D eigenvalue weighted by molar-refractivity contribution is 5.78. The van der Waals surface area contributed by atoms with Gasteiger partial charge in [-0.25, -0.2) is 0 Å². The monoisotopic (exact) mass is 248 g/mol. The predicted molar refractivity (Wildman–Crippen MR) is 68.9 cm³/mol. The summed E-state index contributed by atoms with van der Waals surface area (Å²) in [5, 5.41) is 9.58. The van der Waals surface area contributed by atoms with Crippen molar-refractivity contribution < 1.29 is 9.84 Å². The SMILES string of the molecule is Cc1cc(OCCCCO)nc2[nH]c(=O)ccc12. The summed E-state index contributed by atoms with van der Waals surface area (Å²) in [6.07, 6.45) is 1.49. The quantitative estimate of drug-likeness (QED) is 0.784. The van der Waals surface area contributed by atoms with Gasteiger partial charge in [0.25, 0.3) is 0 Å². The van der Waals surface area contributed by atoms with E-state index in [0.717, 1.165) is 17.4 Å². The number of unbranched alkanes of at least 4 members (excludes halogenated alkanes) is 1. The maximum Gasteiger partial charge on any atom is 0.249 e. The molecule has 0 aliphatic heterocycles. The highest BCUT2D eigenvalue weighted by atomic mass is 16.5. The Bertz CT molecular complexity index is 592. The number of ether oxygens (including phenoxy) is 1. The van der Waals surface area contributed by atoms with Crippen LogP contribution in [-0.2, 0) is 0 Å². The van der Waals surface area contributed by atoms with Crippen LogP contribution in [0.5, 0.6) is 5.88 Å². The summed E-state index contributed by atoms with van der Waals surface area (Å²) < 4.78 is 5.49. The smallest absolute Gasteiger partial charge is 0.249 e. The number of hydrogen-bond donors (Lipinski definition) is 2. The van der Waals surface area contributed by atoms with Crippen LogP contribution in [-0.4, -0.2) is 28.3 Å². The Morgan fingerprint density at radius 3 is 3.00 bits per heavy atom. The Hall–Kier alpha value is -1.88. The molecule has 18 heavy (non-hydrogen) atoms. The van der Waals surface area contributed by atoms with Crippen LogP contribution in [0.3, 0.4) is 0 Å². The van der Waals surface area contributed by atoms with Crippen molar-refractivity contribution in [3.05, 3.63) is 34.1 Å². The fraction of sp³-hybridized carbons (Fsp3) is 0.385. The molecule has 0 bridgehead atoms. The molecule has 2 heterocycles. The zero-order chi connectivity index (χ0) is 13.0. The highest BCUT2D eigenvalue weighted by Crippen LogP contribution is 2.18. The summed E-state index contributed by atoms with van der Waals surface area (Å²) in [6.45, 7) is 2.62. The lowest BCUT2D eigenvalue weighted by atomic mass is 10.2. The summed E-state index contributed by atoms with van der Waals surface area (Å²) in [6, 6.07) is 5.09. The zero-order valence-corrected chi connectivity index (χ0v) is 10.3. The van der Waals surface area contributed by atoms with Gasteiger partial charge in [-0.3, -0.25) is 4.79 Å². The molecule has 0 atom stereocenters. The van der Waals surface area contributed by atoms with Crippen LogP contribution in [0, 0.1) is 6.92 Å². The van der Waals surface area contributed by atoms with Crippen molar-refractivity contribution >= 4 is 11.0 Å². The average molecular weight is 248 g/mol. The van der Waals surface area contributed by atoms with Crippen LogP contribution in [0.4, 0.5) is 0 Å². The first-order valence-corrected chi connectivity index (χ1v) is 5.95. The van der Waals surface area contributed by atoms with E-state index in [1.165, 1.54) is 6.07 Å². The fourth-order valence-corrected chi connectivity index (χ4v) is 1.74. The van der Waals surface area contributed by atoms with Crippen molar-refractivity contribution in [3.8, 4) is 5.88 Å². The van der Waals surface area contributed by atoms with Crippen LogP contribution >= 0.6 is 0 Å². The number of aliphatic hydroxyl groups is 1. The summed E-state index contributed by atoms with van der Waals surface area (Å²) in [5.41, 5.74) is 1.37. The molecular weight excluding hydrogens is 232 g/mol. The van der Waals surface area contributed by atoms with Crippen molar-refractivity contribution in [1.29, 1.82) is 0 Å². The van der Waals surface area contributed by atoms with E-state index in [9.17, 15) is 4.79 Å². The molecule has 96 valence electrons. The third-order valence-corrected chi connectivity index (χ3v) is 2.69. The molecular formula is C13H16N2O3. The summed E-state index contributed by atoms with van der Waals surface area (Å²) >= 11 is 0. The number of fused-ring (bicyclic) bond motifs is 1. The predicted octanol–water partition coefficient (Wildman–Crippen LogP) is 1.38. The fourth-order valence-electron chi connectivity index (χ4n) is 1.74. The van der Waals surface area contributed by atoms with E-state index in [2.05, 4.69) is 9.97 Å². The van der Waals surface area contributed by atoms with Crippen molar-refractivity contribution in [3.63, 3.8) is 0 Å². The number of aromatic nitrogens is 2. The largest absolute Gasteiger partial charge is 0.478 e. The van der Waals surface area contributed by atoms with Crippen LogP contribution in [0.2, 0.25) is 0 Å². The molecule has 0 unspecified atom stereocenters. The van der Waals surface area contributed by atoms with E-state index in [4.69, 9.17) is 9.84 Å². The van der Waals surface area contributed by atoms with Crippen molar-refractivity contribution in [2.45, 2.75) is 19.8 Å². The molecule has 0 saturated carbocycles. The van der Waals surface area contributed by atoms with Gasteiger partial charge in [-0.05, 0) is 31.4 Å². The van der Waals surface area contributed by atoms with Crippen LogP contribution in [0.25, 0.3) is 11.0 Å². The lowest BCUT2D eigenvalue weighted by molar-refractivity contribution is 0.249. The second-order valence-electron chi connectivity index (χ2n) is 4.14. The van der Waals surface area contributed by atoms with Crippen molar-refractivity contribution in [1.82, 2.24) is 9.97 Å². The molecule has 0 radical (unpaired) electrons. The number of pyridine rings is 2. The number of aromatic amines is 1. The molecule has 0 fully saturated rings. The Morgan fingerprint density at radius 1 is 1.39 bits per heavy atom. The standard InChI is InChI=1S/C13H16N2O3/c1-9-8-12(18-7-3-2-6-16)15-13-10(9)4-5-11(17)14-13/h4-5,8,16H,2-3,6-7H2,1H3,(H,14,15,17). The number of H-pyrrole nitrogens is 1. The minimum atomic E-state index is -0.174. The van der Waals surface area contributed by atoms with E-state index in [1.807, 2.05) is 13.0 Å². The third-order valence-electron chi connectivity index (χ3n) is 2.69. The van der Waals surface area contributed by atoms with Crippen LogP contribution in [0.1, 0.15) is 18.4 Å². The summed E-state index contributed by atoms with van der Waals surface area (Å²) in [5.74, 6) is 0.500. The van der Waals surface area contributed by atoms with Crippen molar-refractivity contribution in [2.75, 3.05) is 13.2 Å². The average Bonchev–Trinajstić information content (AvgIpc) is 2.34. The summed E-state index contributed by atoms with van der Waals surface area (Å²) in [4.78, 5) is 18.2. The molecule has 2 aromatic rings. The number of aryl methyl sites for hydroxylation is 1. The van der Waals surface area contributed by atoms with Gasteiger partial charge in [0.1, 0.15) is 5.65 Å². The molecule has 5 heteroatoms. The number of rotatable bonds is 5. The Balaban J connectivity index is 2.22. The van der Waals surface area contributed by atoms with E-state index < -0.39 is 0 Å². The van der Waals surface area contributed by atoms with Gasteiger partial charge < -0.3 is 14.8 Å². The molecule has 2 N–H and O–H groups in total. The number of nitrogens with one attached hydrogen (secondary N) is 1. The van der Waals surface area contributed by atoms with Crippen LogP contribution < -0.4 is 10.3 Å². The maximum absolute atomic E-state index is 11.2. The molecule has 5 nitrogen and oxygen atoms in total. The molecule has 2 rings (SSSR count). The second-order valence-corrected chi connectivity index (χ2v) is 4.14. The topological polar surface area (TPSA) is 75.2 Å². The minimum absolute atomic E-state index is 0.168. The molecule has 0 aromatic carbocycles. The maximum atomic E-state index is 11.2. The highest BCUT2D eigenvalue weighted by Gasteiger charge is 2.04. The molecule has 0 amide bonds. The number of aliphatic hydroxyl groups excluding tert-OH is 1. The zero-order valence-electron chi connectivity index (χ0n) is 10.3. The van der Waals surface area contributed by atoms with Gasteiger partial charge in [-0.2, -0.15) is 4.98 Å². The molecule has 0 saturated heterocycles. The first-order valence-electron chi connectivity index (χ1n) is 5.95. The summed E-state index contributed by atoms with van der Waals surface area (Å²) in [7, 11) is 0. The Labute approximate surface area is 104 Å². The van der Waals surface area contributed by atoms with Gasteiger partial charge in [0, 0.05) is 24.1 Å². The molecule has 0 spiro atoms. The second kappa shape index (κ2) is 5.64. The van der Waals surface area contributed by atoms with Gasteiger partial charge in [0.05, 0.1) is 6.61 Å². The van der Waals surface area contributed by atoms with Gasteiger partial charge in [0.2, 0.25) is 11.4 Å². The van der Waals surface area contributed by atoms with E-state index in [0.29, 0.717) is 24.6 Å². The minimum Gasteiger partial charge on any atom is -0.478 e. The number of nitrogens with zero attached hydrogens (tertiary/aromatic N) is 1. The first kappa shape index (κ1) is 12.6. The van der Waals surface area contributed by atoms with Gasteiger partial charge >= 0.3 is 0 Å². The molecule has 0 aliphatic carbocycles. The first-order chi connectivity index (χ1) is 8.70. The van der Waals surface area contributed by atoms with E-state index in [-0.39, 0.29) is 12.2 Å². The van der Waals surface area contributed by atoms with Gasteiger partial charge in [0.15, 0.2) is 0 Å². The van der Waals surface area contributed by atoms with Crippen molar-refractivity contribution in [2.24, 2.45) is 0 Å². The lowest BCUT2D eigenvalue weighted by Crippen LogP contribution is -2.06. The van der Waals surface area contributed by atoms with E-state index >= 15 is 0 Å². The van der Waals surface area contributed by atoms with E-state index in [1.54, 1.807) is 6.07 Å². The normalized spacial score (nSPS) is 10.8. The molecule has 2 aromatic heterocycles.